The minimum absolute atomic E-state index is 0.137. The Labute approximate surface area is 124 Å². The third kappa shape index (κ3) is 5.02. The van der Waals surface area contributed by atoms with Crippen molar-refractivity contribution in [3.8, 4) is 17.2 Å². The van der Waals surface area contributed by atoms with Crippen molar-refractivity contribution in [1.82, 2.24) is 0 Å². The van der Waals surface area contributed by atoms with Gasteiger partial charge in [0.15, 0.2) is 17.2 Å². The standard InChI is InChI=1S/C16H22O5/c1-3-5-6-7-11(10-21-15(19)4-2)12-8-13(17)16(20)14(18)9-12/h4,8-9,11,17-18,20H,2-3,5-7,10H2,1H3. The van der Waals surface area contributed by atoms with E-state index < -0.39 is 11.7 Å². The number of rotatable bonds is 8. The van der Waals surface area contributed by atoms with E-state index in [0.29, 0.717) is 5.56 Å². The zero-order valence-electron chi connectivity index (χ0n) is 12.2. The summed E-state index contributed by atoms with van der Waals surface area (Å²) < 4.78 is 5.07. The van der Waals surface area contributed by atoms with Gasteiger partial charge in [0.2, 0.25) is 0 Å². The molecule has 0 radical (unpaired) electrons. The third-order valence-corrected chi connectivity index (χ3v) is 3.31. The molecule has 1 atom stereocenters. The van der Waals surface area contributed by atoms with Crippen LogP contribution < -0.4 is 0 Å². The van der Waals surface area contributed by atoms with Gasteiger partial charge in [-0.15, -0.1) is 0 Å². The van der Waals surface area contributed by atoms with Crippen LogP contribution in [0, 0.1) is 0 Å². The number of benzene rings is 1. The van der Waals surface area contributed by atoms with Gasteiger partial charge in [-0.3, -0.25) is 0 Å². The van der Waals surface area contributed by atoms with E-state index >= 15 is 0 Å². The number of carbonyl (C=O) groups excluding carboxylic acids is 1. The Morgan fingerprint density at radius 1 is 1.29 bits per heavy atom. The van der Waals surface area contributed by atoms with Gasteiger partial charge in [-0.1, -0.05) is 32.8 Å². The van der Waals surface area contributed by atoms with Crippen LogP contribution in [0.15, 0.2) is 24.8 Å². The molecule has 0 bridgehead atoms. The highest BCUT2D eigenvalue weighted by atomic mass is 16.5. The van der Waals surface area contributed by atoms with E-state index in [1.807, 2.05) is 0 Å². The molecule has 0 heterocycles. The summed E-state index contributed by atoms with van der Waals surface area (Å²) in [5.74, 6) is -1.99. The fourth-order valence-electron chi connectivity index (χ4n) is 2.09. The number of phenols is 3. The molecule has 0 fully saturated rings. The van der Waals surface area contributed by atoms with Crippen LogP contribution in [0.25, 0.3) is 0 Å². The molecule has 0 spiro atoms. The smallest absolute Gasteiger partial charge is 0.330 e. The van der Waals surface area contributed by atoms with Crippen LogP contribution in [-0.2, 0) is 9.53 Å². The van der Waals surface area contributed by atoms with E-state index in [4.69, 9.17) is 4.74 Å². The van der Waals surface area contributed by atoms with Crippen LogP contribution in [0.3, 0.4) is 0 Å². The van der Waals surface area contributed by atoms with Crippen molar-refractivity contribution in [2.24, 2.45) is 0 Å². The first-order valence-corrected chi connectivity index (χ1v) is 7.03. The minimum atomic E-state index is -0.547. The topological polar surface area (TPSA) is 87.0 Å². The molecule has 0 aliphatic carbocycles. The van der Waals surface area contributed by atoms with E-state index in [1.165, 1.54) is 12.1 Å². The molecule has 0 aliphatic heterocycles. The van der Waals surface area contributed by atoms with Crippen LogP contribution in [-0.4, -0.2) is 27.9 Å². The van der Waals surface area contributed by atoms with Crippen molar-refractivity contribution < 1.29 is 24.9 Å². The number of carbonyl (C=O) groups is 1. The molecule has 0 amide bonds. The fourth-order valence-corrected chi connectivity index (χ4v) is 2.09. The first kappa shape index (κ1) is 16.9. The van der Waals surface area contributed by atoms with E-state index in [1.54, 1.807) is 0 Å². The highest BCUT2D eigenvalue weighted by Crippen LogP contribution is 2.38. The molecule has 0 aromatic heterocycles. The normalized spacial score (nSPS) is 11.9. The molecule has 1 rings (SSSR count). The van der Waals surface area contributed by atoms with E-state index in [0.717, 1.165) is 31.8 Å². The van der Waals surface area contributed by atoms with Crippen molar-refractivity contribution in [3.05, 3.63) is 30.4 Å². The summed E-state index contributed by atoms with van der Waals surface area (Å²) >= 11 is 0. The number of phenolic OH excluding ortho intramolecular Hbond substituents is 3. The third-order valence-electron chi connectivity index (χ3n) is 3.31. The molecular formula is C16H22O5. The summed E-state index contributed by atoms with van der Waals surface area (Å²) in [6, 6.07) is 2.76. The first-order chi connectivity index (χ1) is 9.99. The Bertz CT molecular complexity index is 472. The van der Waals surface area contributed by atoms with Gasteiger partial charge in [0.1, 0.15) is 0 Å². The highest BCUT2D eigenvalue weighted by molar-refractivity contribution is 5.81. The molecule has 0 saturated heterocycles. The lowest BCUT2D eigenvalue weighted by Crippen LogP contribution is -2.11. The first-order valence-electron chi connectivity index (χ1n) is 7.03. The lowest BCUT2D eigenvalue weighted by molar-refractivity contribution is -0.138. The quantitative estimate of drug-likeness (QED) is 0.296. The van der Waals surface area contributed by atoms with Crippen LogP contribution in [0.1, 0.15) is 44.1 Å². The maximum atomic E-state index is 11.2. The van der Waals surface area contributed by atoms with E-state index in [2.05, 4.69) is 13.5 Å². The second-order valence-electron chi connectivity index (χ2n) is 4.93. The van der Waals surface area contributed by atoms with Crippen LogP contribution in [0.4, 0.5) is 0 Å². The lowest BCUT2D eigenvalue weighted by atomic mass is 9.93. The average molecular weight is 294 g/mol. The van der Waals surface area contributed by atoms with E-state index in [9.17, 15) is 20.1 Å². The number of aromatic hydroxyl groups is 3. The zero-order valence-corrected chi connectivity index (χ0v) is 12.2. The summed E-state index contributed by atoms with van der Waals surface area (Å²) in [5, 5.41) is 28.6. The summed E-state index contributed by atoms with van der Waals surface area (Å²) in [7, 11) is 0. The molecule has 5 nitrogen and oxygen atoms in total. The van der Waals surface area contributed by atoms with Crippen molar-refractivity contribution >= 4 is 5.97 Å². The monoisotopic (exact) mass is 294 g/mol. The maximum Gasteiger partial charge on any atom is 0.330 e. The van der Waals surface area contributed by atoms with E-state index in [-0.39, 0.29) is 24.0 Å². The van der Waals surface area contributed by atoms with Gasteiger partial charge >= 0.3 is 5.97 Å². The second kappa shape index (κ2) is 8.19. The Morgan fingerprint density at radius 3 is 2.43 bits per heavy atom. The van der Waals surface area contributed by atoms with Crippen molar-refractivity contribution in [3.63, 3.8) is 0 Å². The van der Waals surface area contributed by atoms with Gasteiger partial charge in [0.25, 0.3) is 0 Å². The summed E-state index contributed by atoms with van der Waals surface area (Å²) in [4.78, 5) is 11.2. The van der Waals surface area contributed by atoms with Crippen molar-refractivity contribution in [2.75, 3.05) is 6.61 Å². The van der Waals surface area contributed by atoms with Crippen LogP contribution in [0.5, 0.6) is 17.2 Å². The highest BCUT2D eigenvalue weighted by Gasteiger charge is 2.17. The molecule has 21 heavy (non-hydrogen) atoms. The molecule has 1 aromatic carbocycles. The summed E-state index contributed by atoms with van der Waals surface area (Å²) in [6.45, 7) is 5.56. The van der Waals surface area contributed by atoms with Gasteiger partial charge in [0.05, 0.1) is 6.61 Å². The number of hydrogen-bond donors (Lipinski definition) is 3. The number of ether oxygens (including phenoxy) is 1. The average Bonchev–Trinajstić information content (AvgIpc) is 2.47. The van der Waals surface area contributed by atoms with Gasteiger partial charge in [-0.05, 0) is 24.1 Å². The predicted octanol–water partition coefficient (Wildman–Crippen LogP) is 3.20. The Hall–Kier alpha value is -2.17. The number of hydrogen-bond acceptors (Lipinski definition) is 5. The SMILES string of the molecule is C=CC(=O)OCC(CCCCC)c1cc(O)c(O)c(O)c1. The second-order valence-corrected chi connectivity index (χ2v) is 4.93. The summed E-state index contributed by atoms with van der Waals surface area (Å²) in [6.07, 6.45) is 4.89. The largest absolute Gasteiger partial charge is 0.504 e. The zero-order chi connectivity index (χ0) is 15.8. The number of unbranched alkanes of at least 4 members (excludes halogenated alkanes) is 2. The summed E-state index contributed by atoms with van der Waals surface area (Å²) in [5.41, 5.74) is 0.621. The fraction of sp³-hybridized carbons (Fsp3) is 0.438. The molecule has 5 heteroatoms. The predicted molar refractivity (Wildman–Crippen MR) is 79.5 cm³/mol. The van der Waals surface area contributed by atoms with Crippen LogP contribution >= 0.6 is 0 Å². The molecule has 3 N–H and O–H groups in total. The molecule has 116 valence electrons. The molecular weight excluding hydrogens is 272 g/mol. The van der Waals surface area contributed by atoms with Gasteiger partial charge in [-0.2, -0.15) is 0 Å². The Morgan fingerprint density at radius 2 is 1.90 bits per heavy atom. The minimum Gasteiger partial charge on any atom is -0.504 e. The molecule has 1 unspecified atom stereocenters. The molecule has 1 aromatic rings. The Balaban J connectivity index is 2.88. The maximum absolute atomic E-state index is 11.2. The lowest BCUT2D eigenvalue weighted by Gasteiger charge is -2.18. The van der Waals surface area contributed by atoms with Crippen molar-refractivity contribution in [1.29, 1.82) is 0 Å². The van der Waals surface area contributed by atoms with Gasteiger partial charge in [-0.25, -0.2) is 4.79 Å². The van der Waals surface area contributed by atoms with Gasteiger partial charge < -0.3 is 20.1 Å². The Kier molecular flexibility index (Phi) is 6.59. The molecule has 0 aliphatic rings. The number of esters is 1. The van der Waals surface area contributed by atoms with Crippen molar-refractivity contribution in [2.45, 2.75) is 38.5 Å². The molecule has 0 saturated carbocycles. The van der Waals surface area contributed by atoms with Gasteiger partial charge in [0, 0.05) is 12.0 Å². The van der Waals surface area contributed by atoms with Crippen LogP contribution in [0.2, 0.25) is 0 Å².